The van der Waals surface area contributed by atoms with E-state index in [9.17, 15) is 0 Å². The molecule has 32 heavy (non-hydrogen) atoms. The van der Waals surface area contributed by atoms with Crippen LogP contribution in [0.15, 0.2) is 23.2 Å². The van der Waals surface area contributed by atoms with Crippen molar-refractivity contribution in [1.29, 1.82) is 0 Å². The van der Waals surface area contributed by atoms with Crippen LogP contribution in [-0.4, -0.2) is 77.2 Å². The molecule has 0 aromatic heterocycles. The average Bonchev–Trinajstić information content (AvgIpc) is 2.84. The first kappa shape index (κ1) is 24.6. The average molecular weight is 448 g/mol. The van der Waals surface area contributed by atoms with E-state index in [2.05, 4.69) is 41.2 Å². The Kier molecular flexibility index (Phi) is 9.05. The summed E-state index contributed by atoms with van der Waals surface area (Å²) in [4.78, 5) is 6.87. The van der Waals surface area contributed by atoms with Crippen molar-refractivity contribution in [1.82, 2.24) is 10.2 Å². The van der Waals surface area contributed by atoms with Crippen molar-refractivity contribution in [2.24, 2.45) is 4.99 Å². The lowest BCUT2D eigenvalue weighted by molar-refractivity contribution is -0.0721. The third-order valence-corrected chi connectivity index (χ3v) is 6.60. The maximum atomic E-state index is 6.16. The Morgan fingerprint density at radius 2 is 1.88 bits per heavy atom. The Morgan fingerprint density at radius 1 is 1.12 bits per heavy atom. The van der Waals surface area contributed by atoms with Gasteiger partial charge in [0.25, 0.3) is 0 Å². The minimum absolute atomic E-state index is 0.100. The van der Waals surface area contributed by atoms with Crippen LogP contribution < -0.4 is 14.8 Å². The van der Waals surface area contributed by atoms with Crippen molar-refractivity contribution < 1.29 is 18.9 Å². The number of hydrogen-bond acceptors (Lipinski definition) is 5. The van der Waals surface area contributed by atoms with Gasteiger partial charge in [0, 0.05) is 38.7 Å². The van der Waals surface area contributed by atoms with Gasteiger partial charge in [0.05, 0.1) is 33.0 Å². The number of likely N-dealkylation sites (tertiary alicyclic amines) is 1. The number of nitrogens with one attached hydrogen (secondary N) is 1. The first-order valence-electron chi connectivity index (χ1n) is 11.9. The molecule has 2 fully saturated rings. The highest BCUT2D eigenvalue weighted by molar-refractivity contribution is 5.80. The van der Waals surface area contributed by atoms with E-state index in [1.807, 2.05) is 13.1 Å². The molecule has 0 amide bonds. The number of ether oxygens (including phenoxy) is 4. The Bertz CT molecular complexity index is 739. The van der Waals surface area contributed by atoms with E-state index in [0.717, 1.165) is 69.6 Å². The van der Waals surface area contributed by atoms with Crippen LogP contribution in [0, 0.1) is 0 Å². The van der Waals surface area contributed by atoms with Gasteiger partial charge in [-0.1, -0.05) is 19.9 Å². The quantitative estimate of drug-likeness (QED) is 0.485. The molecule has 2 saturated heterocycles. The number of nitrogens with zero attached hydrogens (tertiary/aromatic N) is 2. The van der Waals surface area contributed by atoms with Crippen LogP contribution >= 0.6 is 0 Å². The van der Waals surface area contributed by atoms with Crippen molar-refractivity contribution in [2.45, 2.75) is 63.6 Å². The molecule has 1 aromatic rings. The SMILES string of the molecule is CN=C(NCC(C)(C)c1ccc(OC)c(OC)c1)N1CCC(OCC2CCCCO2)CC1. The highest BCUT2D eigenvalue weighted by Gasteiger charge is 2.26. The molecule has 0 saturated carbocycles. The molecule has 0 radical (unpaired) electrons. The van der Waals surface area contributed by atoms with Crippen molar-refractivity contribution in [2.75, 3.05) is 54.1 Å². The molecule has 1 unspecified atom stereocenters. The standard InChI is InChI=1S/C25H41N3O4/c1-25(2,19-9-10-22(29-4)23(16-19)30-5)18-27-24(26-3)28-13-11-20(12-14-28)32-17-21-8-6-7-15-31-21/h9-10,16,20-21H,6-8,11-15,17-18H2,1-5H3,(H,26,27). The van der Waals surface area contributed by atoms with Crippen LogP contribution in [0.5, 0.6) is 11.5 Å². The third kappa shape index (κ3) is 6.51. The van der Waals surface area contributed by atoms with Gasteiger partial charge in [-0.15, -0.1) is 0 Å². The number of guanidine groups is 1. The minimum Gasteiger partial charge on any atom is -0.493 e. The fourth-order valence-corrected chi connectivity index (χ4v) is 4.41. The van der Waals surface area contributed by atoms with E-state index in [1.54, 1.807) is 14.2 Å². The number of rotatable bonds is 8. The number of piperidine rings is 1. The molecule has 1 atom stereocenters. The summed E-state index contributed by atoms with van der Waals surface area (Å²) in [5.74, 6) is 2.45. The Morgan fingerprint density at radius 3 is 2.50 bits per heavy atom. The monoisotopic (exact) mass is 447 g/mol. The molecule has 7 heteroatoms. The van der Waals surface area contributed by atoms with Gasteiger partial charge in [-0.2, -0.15) is 0 Å². The lowest BCUT2D eigenvalue weighted by atomic mass is 9.84. The molecule has 1 aromatic carbocycles. The van der Waals surface area contributed by atoms with Gasteiger partial charge in [0.1, 0.15) is 0 Å². The number of benzene rings is 1. The van der Waals surface area contributed by atoms with Gasteiger partial charge < -0.3 is 29.2 Å². The summed E-state index contributed by atoms with van der Waals surface area (Å²) in [5, 5.41) is 3.59. The van der Waals surface area contributed by atoms with Crippen LogP contribution in [0.4, 0.5) is 0 Å². The Hall–Kier alpha value is -1.99. The number of hydrogen-bond donors (Lipinski definition) is 1. The van der Waals surface area contributed by atoms with Crippen LogP contribution in [0.3, 0.4) is 0 Å². The molecule has 7 nitrogen and oxygen atoms in total. The van der Waals surface area contributed by atoms with Crippen molar-refractivity contribution in [3.8, 4) is 11.5 Å². The van der Waals surface area contributed by atoms with Gasteiger partial charge in [-0.05, 0) is 49.8 Å². The first-order chi connectivity index (χ1) is 15.5. The van der Waals surface area contributed by atoms with Crippen molar-refractivity contribution in [3.63, 3.8) is 0 Å². The maximum Gasteiger partial charge on any atom is 0.193 e. The predicted molar refractivity (Wildman–Crippen MR) is 128 cm³/mol. The molecule has 2 heterocycles. The van der Waals surface area contributed by atoms with Crippen LogP contribution in [-0.2, 0) is 14.9 Å². The fraction of sp³-hybridized carbons (Fsp3) is 0.720. The second-order valence-corrected chi connectivity index (χ2v) is 9.36. The highest BCUT2D eigenvalue weighted by atomic mass is 16.5. The van der Waals surface area contributed by atoms with Gasteiger partial charge in [-0.3, -0.25) is 4.99 Å². The van der Waals surface area contributed by atoms with Gasteiger partial charge in [0.2, 0.25) is 0 Å². The molecule has 3 rings (SSSR count). The molecule has 0 aliphatic carbocycles. The molecular formula is C25H41N3O4. The zero-order valence-corrected chi connectivity index (χ0v) is 20.5. The summed E-state index contributed by atoms with van der Waals surface area (Å²) < 4.78 is 22.8. The second-order valence-electron chi connectivity index (χ2n) is 9.36. The van der Waals surface area contributed by atoms with E-state index in [0.29, 0.717) is 6.10 Å². The number of methoxy groups -OCH3 is 2. The number of aliphatic imine (C=N–C) groups is 1. The third-order valence-electron chi connectivity index (χ3n) is 6.60. The predicted octanol–water partition coefficient (Wildman–Crippen LogP) is 3.61. The van der Waals surface area contributed by atoms with E-state index in [-0.39, 0.29) is 11.5 Å². The van der Waals surface area contributed by atoms with Gasteiger partial charge in [0.15, 0.2) is 17.5 Å². The van der Waals surface area contributed by atoms with Crippen LogP contribution in [0.25, 0.3) is 0 Å². The zero-order valence-electron chi connectivity index (χ0n) is 20.5. The first-order valence-corrected chi connectivity index (χ1v) is 11.9. The summed E-state index contributed by atoms with van der Waals surface area (Å²) in [6, 6.07) is 6.13. The summed E-state index contributed by atoms with van der Waals surface area (Å²) in [6.45, 7) is 8.74. The molecule has 2 aliphatic heterocycles. The van der Waals surface area contributed by atoms with Crippen molar-refractivity contribution in [3.05, 3.63) is 23.8 Å². The lowest BCUT2D eigenvalue weighted by Gasteiger charge is -2.36. The van der Waals surface area contributed by atoms with Crippen LogP contribution in [0.2, 0.25) is 0 Å². The highest BCUT2D eigenvalue weighted by Crippen LogP contribution is 2.33. The van der Waals surface area contributed by atoms with Gasteiger partial charge in [-0.25, -0.2) is 0 Å². The van der Waals surface area contributed by atoms with E-state index in [1.165, 1.54) is 18.4 Å². The van der Waals surface area contributed by atoms with E-state index in [4.69, 9.17) is 18.9 Å². The normalized spacial score (nSPS) is 20.8. The summed E-state index contributed by atoms with van der Waals surface area (Å²) in [7, 11) is 5.19. The van der Waals surface area contributed by atoms with Crippen LogP contribution in [0.1, 0.15) is 51.5 Å². The lowest BCUT2D eigenvalue weighted by Crippen LogP contribution is -2.49. The largest absolute Gasteiger partial charge is 0.493 e. The summed E-state index contributed by atoms with van der Waals surface area (Å²) >= 11 is 0. The molecule has 0 bridgehead atoms. The van der Waals surface area contributed by atoms with E-state index >= 15 is 0 Å². The summed E-state index contributed by atoms with van der Waals surface area (Å²) in [6.07, 6.45) is 6.22. The van der Waals surface area contributed by atoms with E-state index < -0.39 is 0 Å². The molecule has 0 spiro atoms. The smallest absolute Gasteiger partial charge is 0.193 e. The summed E-state index contributed by atoms with van der Waals surface area (Å²) in [5.41, 5.74) is 1.09. The van der Waals surface area contributed by atoms with Crippen molar-refractivity contribution >= 4 is 5.96 Å². The topological polar surface area (TPSA) is 64.6 Å². The fourth-order valence-electron chi connectivity index (χ4n) is 4.41. The molecular weight excluding hydrogens is 406 g/mol. The minimum atomic E-state index is -0.100. The molecule has 2 aliphatic rings. The maximum absolute atomic E-state index is 6.16. The van der Waals surface area contributed by atoms with Gasteiger partial charge >= 0.3 is 0 Å². The Balaban J connectivity index is 1.48. The molecule has 1 N–H and O–H groups in total. The Labute approximate surface area is 193 Å². The zero-order chi connectivity index (χ0) is 23.0. The molecule has 180 valence electrons. The second kappa shape index (κ2) is 11.8.